The molecular weight excluding hydrogens is 396 g/mol. The zero-order chi connectivity index (χ0) is 21.5. The highest BCUT2D eigenvalue weighted by Gasteiger charge is 2.40. The Bertz CT molecular complexity index is 925. The lowest BCUT2D eigenvalue weighted by molar-refractivity contribution is -0.146. The Hall–Kier alpha value is -2.34. The molecule has 1 atom stereocenters. The monoisotopic (exact) mass is 426 g/mol. The molecule has 1 fully saturated rings. The average molecular weight is 427 g/mol. The number of carbonyl (C=O) groups excluding carboxylic acids is 2. The number of carbonyl (C=O) groups is 2. The highest BCUT2D eigenvalue weighted by molar-refractivity contribution is 7.10. The van der Waals surface area contributed by atoms with Crippen LogP contribution in [0.5, 0.6) is 5.75 Å². The summed E-state index contributed by atoms with van der Waals surface area (Å²) in [6, 6.07) is 9.95. The number of fused-ring (bicyclic) bond motifs is 1. The molecule has 30 heavy (non-hydrogen) atoms. The Kier molecular flexibility index (Phi) is 5.62. The number of thiophene rings is 1. The SMILES string of the molecule is COc1ccc([C@H]2c3ccsc3CCN2C(=O)CN(C(=O)C2CC2)C(C)(C)C)cc1. The predicted molar refractivity (Wildman–Crippen MR) is 119 cm³/mol. The quantitative estimate of drug-likeness (QED) is 0.718. The van der Waals surface area contributed by atoms with Crippen molar-refractivity contribution in [3.05, 3.63) is 51.7 Å². The summed E-state index contributed by atoms with van der Waals surface area (Å²) in [4.78, 5) is 31.5. The second-order valence-corrected chi connectivity index (χ2v) is 10.2. The van der Waals surface area contributed by atoms with Gasteiger partial charge in [-0.1, -0.05) is 12.1 Å². The third kappa shape index (κ3) is 4.10. The molecule has 1 aliphatic carbocycles. The smallest absolute Gasteiger partial charge is 0.243 e. The molecule has 0 spiro atoms. The molecule has 2 aromatic rings. The molecule has 2 amide bonds. The highest BCUT2D eigenvalue weighted by atomic mass is 32.1. The fourth-order valence-corrected chi connectivity index (χ4v) is 5.06. The summed E-state index contributed by atoms with van der Waals surface area (Å²) in [5.74, 6) is 1.02. The van der Waals surface area contributed by atoms with E-state index >= 15 is 0 Å². The van der Waals surface area contributed by atoms with Crippen LogP contribution in [0.1, 0.15) is 55.7 Å². The minimum atomic E-state index is -0.381. The van der Waals surface area contributed by atoms with Crippen LogP contribution >= 0.6 is 11.3 Å². The van der Waals surface area contributed by atoms with E-state index < -0.39 is 0 Å². The first-order chi connectivity index (χ1) is 14.3. The molecule has 1 aromatic carbocycles. The molecule has 1 saturated carbocycles. The van der Waals surface area contributed by atoms with Crippen LogP contribution in [0.25, 0.3) is 0 Å². The lowest BCUT2D eigenvalue weighted by Crippen LogP contribution is -2.53. The highest BCUT2D eigenvalue weighted by Crippen LogP contribution is 2.39. The zero-order valence-electron chi connectivity index (χ0n) is 18.2. The van der Waals surface area contributed by atoms with Gasteiger partial charge in [0.15, 0.2) is 0 Å². The summed E-state index contributed by atoms with van der Waals surface area (Å²) < 4.78 is 5.31. The molecule has 0 bridgehead atoms. The normalized spacial score (nSPS) is 18.7. The number of rotatable bonds is 5. The van der Waals surface area contributed by atoms with Gasteiger partial charge in [-0.25, -0.2) is 0 Å². The predicted octanol–water partition coefficient (Wildman–Crippen LogP) is 4.27. The molecule has 0 saturated heterocycles. The molecule has 6 heteroatoms. The third-order valence-electron chi connectivity index (χ3n) is 6.01. The van der Waals surface area contributed by atoms with Crippen molar-refractivity contribution in [2.45, 2.75) is 51.6 Å². The van der Waals surface area contributed by atoms with Crippen molar-refractivity contribution in [3.8, 4) is 5.75 Å². The Morgan fingerprint density at radius 1 is 1.17 bits per heavy atom. The van der Waals surface area contributed by atoms with Crippen LogP contribution < -0.4 is 4.74 Å². The van der Waals surface area contributed by atoms with E-state index in [1.165, 1.54) is 10.4 Å². The lowest BCUT2D eigenvalue weighted by Gasteiger charge is -2.40. The topological polar surface area (TPSA) is 49.9 Å². The molecule has 160 valence electrons. The van der Waals surface area contributed by atoms with Crippen LogP contribution in [0.2, 0.25) is 0 Å². The van der Waals surface area contributed by atoms with Crippen molar-refractivity contribution in [1.82, 2.24) is 9.80 Å². The van der Waals surface area contributed by atoms with E-state index in [-0.39, 0.29) is 35.9 Å². The van der Waals surface area contributed by atoms with Gasteiger partial charge in [-0.2, -0.15) is 0 Å². The first kappa shape index (κ1) is 20.9. The van der Waals surface area contributed by atoms with Gasteiger partial charge in [0.05, 0.1) is 13.2 Å². The van der Waals surface area contributed by atoms with Crippen molar-refractivity contribution < 1.29 is 14.3 Å². The number of benzene rings is 1. The molecular formula is C24H30N2O3S. The Morgan fingerprint density at radius 3 is 2.47 bits per heavy atom. The van der Waals surface area contributed by atoms with E-state index in [1.54, 1.807) is 23.3 Å². The summed E-state index contributed by atoms with van der Waals surface area (Å²) in [6.07, 6.45) is 2.74. The van der Waals surface area contributed by atoms with E-state index in [4.69, 9.17) is 4.74 Å². The summed E-state index contributed by atoms with van der Waals surface area (Å²) in [5, 5.41) is 2.10. The molecule has 4 rings (SSSR count). The largest absolute Gasteiger partial charge is 0.497 e. The molecule has 1 aromatic heterocycles. The van der Waals surface area contributed by atoms with Gasteiger partial charge in [-0.05, 0) is 74.7 Å². The standard InChI is InChI=1S/C24H30N2O3S/c1-24(2,3)26(23(28)17-5-6-17)15-21(27)25-13-11-20-19(12-14-30-20)22(25)16-7-9-18(29-4)10-8-16/h7-10,12,14,17,22H,5-6,11,13,15H2,1-4H3/t22-/m0/s1. The van der Waals surface area contributed by atoms with E-state index in [0.717, 1.165) is 30.6 Å². The van der Waals surface area contributed by atoms with Crippen molar-refractivity contribution in [2.75, 3.05) is 20.2 Å². The molecule has 0 unspecified atom stereocenters. The van der Waals surface area contributed by atoms with Gasteiger partial charge in [-0.15, -0.1) is 11.3 Å². The maximum Gasteiger partial charge on any atom is 0.243 e. The zero-order valence-corrected chi connectivity index (χ0v) is 19.0. The average Bonchev–Trinajstić information content (AvgIpc) is 3.47. The van der Waals surface area contributed by atoms with Gasteiger partial charge < -0.3 is 14.5 Å². The molecule has 5 nitrogen and oxygen atoms in total. The Balaban J connectivity index is 1.63. The second-order valence-electron chi connectivity index (χ2n) is 9.18. The maximum atomic E-state index is 13.6. The van der Waals surface area contributed by atoms with Crippen LogP contribution in [-0.2, 0) is 16.0 Å². The summed E-state index contributed by atoms with van der Waals surface area (Å²) in [7, 11) is 1.65. The summed E-state index contributed by atoms with van der Waals surface area (Å²) >= 11 is 1.75. The number of nitrogens with zero attached hydrogens (tertiary/aromatic N) is 2. The number of hydrogen-bond donors (Lipinski definition) is 0. The van der Waals surface area contributed by atoms with Crippen molar-refractivity contribution in [3.63, 3.8) is 0 Å². The first-order valence-electron chi connectivity index (χ1n) is 10.6. The van der Waals surface area contributed by atoms with Crippen LogP contribution in [0.15, 0.2) is 35.7 Å². The molecule has 0 radical (unpaired) electrons. The second kappa shape index (κ2) is 8.06. The Labute approximate surface area is 182 Å². The number of amides is 2. The minimum absolute atomic E-state index is 0.0107. The minimum Gasteiger partial charge on any atom is -0.497 e. The van der Waals surface area contributed by atoms with Crippen LogP contribution in [0, 0.1) is 5.92 Å². The van der Waals surface area contributed by atoms with Gasteiger partial charge in [-0.3, -0.25) is 9.59 Å². The van der Waals surface area contributed by atoms with E-state index in [1.807, 2.05) is 49.9 Å². The fraction of sp³-hybridized carbons (Fsp3) is 0.500. The Morgan fingerprint density at radius 2 is 1.87 bits per heavy atom. The first-order valence-corrected chi connectivity index (χ1v) is 11.5. The molecule has 2 heterocycles. The van der Waals surface area contributed by atoms with Gasteiger partial charge in [0.25, 0.3) is 0 Å². The van der Waals surface area contributed by atoms with Crippen LogP contribution in [0.3, 0.4) is 0 Å². The summed E-state index contributed by atoms with van der Waals surface area (Å²) in [6.45, 7) is 6.82. The summed E-state index contributed by atoms with van der Waals surface area (Å²) in [5.41, 5.74) is 1.88. The number of methoxy groups -OCH3 is 1. The third-order valence-corrected chi connectivity index (χ3v) is 7.01. The van der Waals surface area contributed by atoms with Crippen LogP contribution in [0.4, 0.5) is 0 Å². The van der Waals surface area contributed by atoms with Crippen molar-refractivity contribution in [2.24, 2.45) is 5.92 Å². The molecule has 1 aliphatic heterocycles. The fourth-order valence-electron chi connectivity index (χ4n) is 4.15. The van der Waals surface area contributed by atoms with E-state index in [2.05, 4.69) is 11.4 Å². The van der Waals surface area contributed by atoms with Crippen molar-refractivity contribution >= 4 is 23.2 Å². The maximum absolute atomic E-state index is 13.6. The van der Waals surface area contributed by atoms with Gasteiger partial charge in [0.2, 0.25) is 11.8 Å². The van der Waals surface area contributed by atoms with Gasteiger partial charge in [0, 0.05) is 22.9 Å². The van der Waals surface area contributed by atoms with E-state index in [9.17, 15) is 9.59 Å². The lowest BCUT2D eigenvalue weighted by atomic mass is 9.93. The number of ether oxygens (including phenoxy) is 1. The van der Waals surface area contributed by atoms with Gasteiger partial charge >= 0.3 is 0 Å². The van der Waals surface area contributed by atoms with Crippen molar-refractivity contribution in [1.29, 1.82) is 0 Å². The molecule has 2 aliphatic rings. The van der Waals surface area contributed by atoms with Crippen LogP contribution in [-0.4, -0.2) is 47.4 Å². The van der Waals surface area contributed by atoms with Gasteiger partial charge in [0.1, 0.15) is 12.3 Å². The molecule has 0 N–H and O–H groups in total. The van der Waals surface area contributed by atoms with E-state index in [0.29, 0.717) is 6.54 Å². The number of hydrogen-bond acceptors (Lipinski definition) is 4.